The van der Waals surface area contributed by atoms with Crippen molar-refractivity contribution in [1.82, 2.24) is 5.32 Å². The maximum absolute atomic E-state index is 12.4. The number of amides is 1. The van der Waals surface area contributed by atoms with Crippen LogP contribution in [0.3, 0.4) is 0 Å². The van der Waals surface area contributed by atoms with E-state index in [0.717, 1.165) is 12.8 Å². The first-order chi connectivity index (χ1) is 11.6. The SMILES string of the molecule is CC[C@H](Oc1cccc(Cl)c1)C(=O)N[C@@H](C)CCc1ccccc1. The van der Waals surface area contributed by atoms with Gasteiger partial charge in [-0.15, -0.1) is 0 Å². The molecule has 0 saturated heterocycles. The molecule has 0 aromatic heterocycles. The summed E-state index contributed by atoms with van der Waals surface area (Å²) < 4.78 is 5.77. The Balaban J connectivity index is 1.84. The Kier molecular flexibility index (Phi) is 7.13. The molecule has 2 atom stereocenters. The van der Waals surface area contributed by atoms with Crippen molar-refractivity contribution in [2.75, 3.05) is 0 Å². The minimum atomic E-state index is -0.511. The van der Waals surface area contributed by atoms with Gasteiger partial charge >= 0.3 is 0 Å². The summed E-state index contributed by atoms with van der Waals surface area (Å²) >= 11 is 5.95. The predicted octanol–water partition coefficient (Wildman–Crippen LogP) is 4.63. The molecule has 2 aromatic carbocycles. The zero-order valence-corrected chi connectivity index (χ0v) is 14.9. The molecule has 3 nitrogen and oxygen atoms in total. The fourth-order valence-electron chi connectivity index (χ4n) is 2.46. The first-order valence-electron chi connectivity index (χ1n) is 8.35. The Morgan fingerprint density at radius 3 is 2.58 bits per heavy atom. The lowest BCUT2D eigenvalue weighted by atomic mass is 10.1. The van der Waals surface area contributed by atoms with Gasteiger partial charge in [-0.05, 0) is 49.9 Å². The number of nitrogens with one attached hydrogen (secondary N) is 1. The van der Waals surface area contributed by atoms with Crippen molar-refractivity contribution in [3.63, 3.8) is 0 Å². The maximum atomic E-state index is 12.4. The lowest BCUT2D eigenvalue weighted by Gasteiger charge is -2.20. The Morgan fingerprint density at radius 1 is 1.17 bits per heavy atom. The van der Waals surface area contributed by atoms with Crippen LogP contribution in [0.4, 0.5) is 0 Å². The van der Waals surface area contributed by atoms with E-state index in [2.05, 4.69) is 17.4 Å². The Hall–Kier alpha value is -2.00. The summed E-state index contributed by atoms with van der Waals surface area (Å²) in [5.74, 6) is 0.527. The largest absolute Gasteiger partial charge is 0.481 e. The van der Waals surface area contributed by atoms with Crippen LogP contribution in [0.1, 0.15) is 32.3 Å². The molecule has 0 aliphatic heterocycles. The van der Waals surface area contributed by atoms with Crippen LogP contribution in [0.15, 0.2) is 54.6 Å². The quantitative estimate of drug-likeness (QED) is 0.757. The van der Waals surface area contributed by atoms with Crippen molar-refractivity contribution in [1.29, 1.82) is 0 Å². The Bertz CT molecular complexity index is 645. The molecule has 0 bridgehead atoms. The average molecular weight is 346 g/mol. The van der Waals surface area contributed by atoms with Crippen molar-refractivity contribution in [2.24, 2.45) is 0 Å². The number of aryl methyl sites for hydroxylation is 1. The summed E-state index contributed by atoms with van der Waals surface area (Å²) in [5, 5.41) is 3.64. The minimum Gasteiger partial charge on any atom is -0.481 e. The van der Waals surface area contributed by atoms with Gasteiger partial charge in [-0.2, -0.15) is 0 Å². The van der Waals surface area contributed by atoms with Crippen molar-refractivity contribution in [2.45, 2.75) is 45.3 Å². The van der Waals surface area contributed by atoms with Crippen LogP contribution in [0.5, 0.6) is 5.75 Å². The van der Waals surface area contributed by atoms with Gasteiger partial charge in [0.1, 0.15) is 5.75 Å². The normalized spacial score (nSPS) is 13.1. The summed E-state index contributed by atoms with van der Waals surface area (Å²) in [7, 11) is 0. The molecule has 0 aliphatic rings. The van der Waals surface area contributed by atoms with E-state index in [1.165, 1.54) is 5.56 Å². The second kappa shape index (κ2) is 9.33. The van der Waals surface area contributed by atoms with Crippen LogP contribution in [0.2, 0.25) is 5.02 Å². The number of carbonyl (C=O) groups excluding carboxylic acids is 1. The second-order valence-corrected chi connectivity index (χ2v) is 6.34. The molecule has 0 radical (unpaired) electrons. The standard InChI is InChI=1S/C20H24ClNO2/c1-3-19(24-18-11-7-10-17(21)14-18)20(23)22-15(2)12-13-16-8-5-4-6-9-16/h4-11,14-15,19H,3,12-13H2,1-2H3,(H,22,23)/t15-,19-/m0/s1. The van der Waals surface area contributed by atoms with Crippen LogP contribution in [0, 0.1) is 0 Å². The first-order valence-corrected chi connectivity index (χ1v) is 8.72. The van der Waals surface area contributed by atoms with Gasteiger partial charge in [-0.3, -0.25) is 4.79 Å². The molecule has 24 heavy (non-hydrogen) atoms. The van der Waals surface area contributed by atoms with E-state index in [1.54, 1.807) is 18.2 Å². The molecule has 0 saturated carbocycles. The number of ether oxygens (including phenoxy) is 1. The third kappa shape index (κ3) is 5.89. The number of hydrogen-bond acceptors (Lipinski definition) is 2. The van der Waals surface area contributed by atoms with E-state index in [-0.39, 0.29) is 11.9 Å². The highest BCUT2D eigenvalue weighted by Gasteiger charge is 2.20. The number of rotatable bonds is 8. The van der Waals surface area contributed by atoms with E-state index in [0.29, 0.717) is 17.2 Å². The van der Waals surface area contributed by atoms with Gasteiger partial charge in [0.05, 0.1) is 0 Å². The first kappa shape index (κ1) is 18.3. The zero-order chi connectivity index (χ0) is 17.4. The molecular weight excluding hydrogens is 322 g/mol. The summed E-state index contributed by atoms with van der Waals surface area (Å²) in [6.07, 6.45) is 1.92. The number of hydrogen-bond donors (Lipinski definition) is 1. The van der Waals surface area contributed by atoms with Gasteiger partial charge in [0.2, 0.25) is 0 Å². The highest BCUT2D eigenvalue weighted by molar-refractivity contribution is 6.30. The molecule has 1 amide bonds. The number of halogens is 1. The Morgan fingerprint density at radius 2 is 1.92 bits per heavy atom. The summed E-state index contributed by atoms with van der Waals surface area (Å²) in [6.45, 7) is 3.95. The van der Waals surface area contributed by atoms with Gasteiger partial charge < -0.3 is 10.1 Å². The third-order valence-corrected chi connectivity index (χ3v) is 4.07. The van der Waals surface area contributed by atoms with E-state index in [9.17, 15) is 4.79 Å². The highest BCUT2D eigenvalue weighted by atomic mass is 35.5. The van der Waals surface area contributed by atoms with Crippen molar-refractivity contribution in [3.8, 4) is 5.75 Å². The molecule has 0 spiro atoms. The fourth-order valence-corrected chi connectivity index (χ4v) is 2.64. The monoisotopic (exact) mass is 345 g/mol. The number of carbonyl (C=O) groups is 1. The van der Waals surface area contributed by atoms with E-state index < -0.39 is 6.10 Å². The molecule has 128 valence electrons. The summed E-state index contributed by atoms with van der Waals surface area (Å²) in [6, 6.07) is 17.5. The molecule has 0 unspecified atom stereocenters. The molecule has 2 aromatic rings. The van der Waals surface area contributed by atoms with E-state index >= 15 is 0 Å². The highest BCUT2D eigenvalue weighted by Crippen LogP contribution is 2.19. The second-order valence-electron chi connectivity index (χ2n) is 5.91. The fraction of sp³-hybridized carbons (Fsp3) is 0.350. The summed E-state index contributed by atoms with van der Waals surface area (Å²) in [4.78, 5) is 12.4. The third-order valence-electron chi connectivity index (χ3n) is 3.84. The number of benzene rings is 2. The van der Waals surface area contributed by atoms with Crippen molar-refractivity contribution in [3.05, 3.63) is 65.2 Å². The maximum Gasteiger partial charge on any atom is 0.261 e. The average Bonchev–Trinajstić information content (AvgIpc) is 2.58. The van der Waals surface area contributed by atoms with E-state index in [1.807, 2.05) is 38.1 Å². The van der Waals surface area contributed by atoms with Crippen LogP contribution < -0.4 is 10.1 Å². The molecule has 0 aliphatic carbocycles. The molecule has 0 heterocycles. The molecule has 0 fully saturated rings. The molecule has 4 heteroatoms. The minimum absolute atomic E-state index is 0.0852. The summed E-state index contributed by atoms with van der Waals surface area (Å²) in [5.41, 5.74) is 1.28. The predicted molar refractivity (Wildman–Crippen MR) is 98.5 cm³/mol. The lowest BCUT2D eigenvalue weighted by molar-refractivity contribution is -0.128. The van der Waals surface area contributed by atoms with Crippen LogP contribution in [-0.4, -0.2) is 18.1 Å². The molecular formula is C20H24ClNO2. The Labute approximate surface area is 149 Å². The zero-order valence-electron chi connectivity index (χ0n) is 14.2. The van der Waals surface area contributed by atoms with Crippen LogP contribution in [0.25, 0.3) is 0 Å². The van der Waals surface area contributed by atoms with Crippen LogP contribution in [-0.2, 0) is 11.2 Å². The lowest BCUT2D eigenvalue weighted by Crippen LogP contribution is -2.42. The topological polar surface area (TPSA) is 38.3 Å². The van der Waals surface area contributed by atoms with E-state index in [4.69, 9.17) is 16.3 Å². The molecule has 1 N–H and O–H groups in total. The van der Waals surface area contributed by atoms with Crippen LogP contribution >= 0.6 is 11.6 Å². The van der Waals surface area contributed by atoms with Gasteiger partial charge in [-0.25, -0.2) is 0 Å². The van der Waals surface area contributed by atoms with Crippen molar-refractivity contribution < 1.29 is 9.53 Å². The van der Waals surface area contributed by atoms with Gasteiger partial charge in [0.15, 0.2) is 6.10 Å². The van der Waals surface area contributed by atoms with Gasteiger partial charge in [0, 0.05) is 11.1 Å². The van der Waals surface area contributed by atoms with Gasteiger partial charge in [0.25, 0.3) is 5.91 Å². The van der Waals surface area contributed by atoms with Crippen molar-refractivity contribution >= 4 is 17.5 Å². The molecule has 2 rings (SSSR count). The smallest absolute Gasteiger partial charge is 0.261 e. The van der Waals surface area contributed by atoms with Gasteiger partial charge in [-0.1, -0.05) is 54.9 Å².